The van der Waals surface area contributed by atoms with Crippen molar-refractivity contribution < 1.29 is 0 Å². The molecule has 0 fully saturated rings. The van der Waals surface area contributed by atoms with Crippen molar-refractivity contribution >= 4 is 22.7 Å². The molecule has 3 nitrogen and oxygen atoms in total. The van der Waals surface area contributed by atoms with Crippen LogP contribution >= 0.6 is 22.7 Å². The normalized spacial score (nSPS) is 12.5. The van der Waals surface area contributed by atoms with Crippen molar-refractivity contribution in [2.24, 2.45) is 5.73 Å². The molecule has 0 aliphatic carbocycles. The Morgan fingerprint density at radius 1 is 1.10 bits per heavy atom. The van der Waals surface area contributed by atoms with E-state index in [2.05, 4.69) is 32.9 Å². The lowest BCUT2D eigenvalue weighted by molar-refractivity contribution is 0.710. The summed E-state index contributed by atoms with van der Waals surface area (Å²) in [6.45, 7) is 2.01. The molecular formula is C15H15N3S2. The average molecular weight is 301 g/mol. The summed E-state index contributed by atoms with van der Waals surface area (Å²) in [5.41, 5.74) is 9.38. The summed E-state index contributed by atoms with van der Waals surface area (Å²) in [5, 5.41) is 6.17. The maximum Gasteiger partial charge on any atom is 0.142 e. The van der Waals surface area contributed by atoms with E-state index < -0.39 is 0 Å². The zero-order chi connectivity index (χ0) is 13.9. The Kier molecular flexibility index (Phi) is 3.91. The molecule has 1 aromatic carbocycles. The summed E-state index contributed by atoms with van der Waals surface area (Å²) in [6.07, 6.45) is 0.754. The van der Waals surface area contributed by atoms with Gasteiger partial charge in [0.15, 0.2) is 0 Å². The zero-order valence-corrected chi connectivity index (χ0v) is 12.7. The second kappa shape index (κ2) is 5.83. The summed E-state index contributed by atoms with van der Waals surface area (Å²) in [7, 11) is 0. The molecule has 5 heteroatoms. The lowest BCUT2D eigenvalue weighted by Gasteiger charge is -2.09. The minimum absolute atomic E-state index is 0.0108. The Bertz CT molecular complexity index is 688. The van der Waals surface area contributed by atoms with Gasteiger partial charge in [-0.05, 0) is 12.5 Å². The SMILES string of the molecule is Cc1nc(-c2nc(CC(N)c3ccccc3)cs2)cs1. The Labute approximate surface area is 126 Å². The highest BCUT2D eigenvalue weighted by Crippen LogP contribution is 2.26. The summed E-state index contributed by atoms with van der Waals surface area (Å²) < 4.78 is 0. The van der Waals surface area contributed by atoms with Crippen LogP contribution in [0, 0.1) is 6.92 Å². The first-order valence-electron chi connectivity index (χ1n) is 6.40. The molecule has 2 aromatic heterocycles. The molecule has 0 saturated carbocycles. The molecule has 102 valence electrons. The van der Waals surface area contributed by atoms with Crippen LogP contribution in [-0.2, 0) is 6.42 Å². The molecule has 2 N–H and O–H groups in total. The van der Waals surface area contributed by atoms with Gasteiger partial charge in [-0.1, -0.05) is 30.3 Å². The molecule has 0 spiro atoms. The van der Waals surface area contributed by atoms with Gasteiger partial charge in [0, 0.05) is 23.2 Å². The summed E-state index contributed by atoms with van der Waals surface area (Å²) in [5.74, 6) is 0. The van der Waals surface area contributed by atoms with Crippen molar-refractivity contribution in [3.63, 3.8) is 0 Å². The molecule has 2 heterocycles. The fourth-order valence-corrected chi connectivity index (χ4v) is 3.49. The van der Waals surface area contributed by atoms with Gasteiger partial charge >= 0.3 is 0 Å². The molecule has 0 saturated heterocycles. The van der Waals surface area contributed by atoms with E-state index in [0.717, 1.165) is 33.4 Å². The first-order chi connectivity index (χ1) is 9.72. The van der Waals surface area contributed by atoms with Gasteiger partial charge in [-0.25, -0.2) is 9.97 Å². The standard InChI is InChI=1S/C15H15N3S2/c1-10-17-14(9-19-10)15-18-12(8-20-15)7-13(16)11-5-3-2-4-6-11/h2-6,8-9,13H,7,16H2,1H3. The highest BCUT2D eigenvalue weighted by molar-refractivity contribution is 7.14. The van der Waals surface area contributed by atoms with Gasteiger partial charge in [-0.3, -0.25) is 0 Å². The number of rotatable bonds is 4. The fraction of sp³-hybridized carbons (Fsp3) is 0.200. The lowest BCUT2D eigenvalue weighted by Crippen LogP contribution is -2.13. The molecule has 1 atom stereocenters. The number of hydrogen-bond acceptors (Lipinski definition) is 5. The van der Waals surface area contributed by atoms with Crippen molar-refractivity contribution in [2.75, 3.05) is 0 Å². The number of nitrogens with zero attached hydrogens (tertiary/aromatic N) is 2. The number of nitrogens with two attached hydrogens (primary N) is 1. The Balaban J connectivity index is 1.74. The topological polar surface area (TPSA) is 51.8 Å². The zero-order valence-electron chi connectivity index (χ0n) is 11.1. The van der Waals surface area contributed by atoms with Crippen LogP contribution in [0.25, 0.3) is 10.7 Å². The molecule has 3 rings (SSSR count). The van der Waals surface area contributed by atoms with Gasteiger partial charge in [-0.15, -0.1) is 22.7 Å². The third-order valence-corrected chi connectivity index (χ3v) is 4.73. The van der Waals surface area contributed by atoms with Crippen LogP contribution < -0.4 is 5.73 Å². The van der Waals surface area contributed by atoms with Crippen molar-refractivity contribution in [2.45, 2.75) is 19.4 Å². The second-order valence-electron chi connectivity index (χ2n) is 4.62. The van der Waals surface area contributed by atoms with Crippen LogP contribution in [0.4, 0.5) is 0 Å². The average Bonchev–Trinajstić information content (AvgIpc) is 3.09. The number of aromatic nitrogens is 2. The quantitative estimate of drug-likeness (QED) is 0.797. The minimum atomic E-state index is -0.0108. The summed E-state index contributed by atoms with van der Waals surface area (Å²) in [6, 6.07) is 10.1. The lowest BCUT2D eigenvalue weighted by atomic mass is 10.0. The number of thiazole rings is 2. The van der Waals surface area contributed by atoms with Gasteiger partial charge in [0.1, 0.15) is 10.7 Å². The number of hydrogen-bond donors (Lipinski definition) is 1. The molecule has 20 heavy (non-hydrogen) atoms. The fourth-order valence-electron chi connectivity index (χ4n) is 2.02. The molecule has 0 aliphatic rings. The molecule has 0 amide bonds. The number of benzene rings is 1. The minimum Gasteiger partial charge on any atom is -0.324 e. The summed E-state index contributed by atoms with van der Waals surface area (Å²) >= 11 is 3.28. The van der Waals surface area contributed by atoms with Crippen LogP contribution in [0.5, 0.6) is 0 Å². The largest absolute Gasteiger partial charge is 0.324 e. The monoisotopic (exact) mass is 301 g/mol. The van der Waals surface area contributed by atoms with Gasteiger partial charge in [0.2, 0.25) is 0 Å². The summed E-state index contributed by atoms with van der Waals surface area (Å²) in [4.78, 5) is 9.11. The molecular weight excluding hydrogens is 286 g/mol. The highest BCUT2D eigenvalue weighted by atomic mass is 32.1. The van der Waals surface area contributed by atoms with Gasteiger partial charge in [-0.2, -0.15) is 0 Å². The van der Waals surface area contributed by atoms with Crippen molar-refractivity contribution in [3.8, 4) is 10.7 Å². The Morgan fingerprint density at radius 3 is 2.60 bits per heavy atom. The van der Waals surface area contributed by atoms with Gasteiger partial charge in [0.05, 0.1) is 10.7 Å². The molecule has 0 aliphatic heterocycles. The second-order valence-corrected chi connectivity index (χ2v) is 6.54. The highest BCUT2D eigenvalue weighted by Gasteiger charge is 2.11. The predicted octanol–water partition coefficient (Wildman–Crippen LogP) is 3.82. The molecule has 1 unspecified atom stereocenters. The molecule has 0 bridgehead atoms. The Morgan fingerprint density at radius 2 is 1.90 bits per heavy atom. The Hall–Kier alpha value is -1.56. The predicted molar refractivity (Wildman–Crippen MR) is 85.0 cm³/mol. The third-order valence-electron chi connectivity index (χ3n) is 3.05. The maximum atomic E-state index is 6.23. The van der Waals surface area contributed by atoms with Gasteiger partial charge < -0.3 is 5.73 Å². The van der Waals surface area contributed by atoms with E-state index in [1.54, 1.807) is 22.7 Å². The molecule has 0 radical (unpaired) electrons. The third kappa shape index (κ3) is 2.95. The van der Waals surface area contributed by atoms with E-state index >= 15 is 0 Å². The first kappa shape index (κ1) is 13.4. The van der Waals surface area contributed by atoms with E-state index in [4.69, 9.17) is 5.73 Å². The van der Waals surface area contributed by atoms with E-state index in [0.29, 0.717) is 0 Å². The van der Waals surface area contributed by atoms with Crippen LogP contribution in [0.1, 0.15) is 22.3 Å². The van der Waals surface area contributed by atoms with Crippen LogP contribution in [0.2, 0.25) is 0 Å². The van der Waals surface area contributed by atoms with Gasteiger partial charge in [0.25, 0.3) is 0 Å². The van der Waals surface area contributed by atoms with E-state index in [-0.39, 0.29) is 6.04 Å². The van der Waals surface area contributed by atoms with Crippen molar-refractivity contribution in [3.05, 3.63) is 57.4 Å². The van der Waals surface area contributed by atoms with E-state index in [9.17, 15) is 0 Å². The smallest absolute Gasteiger partial charge is 0.142 e. The van der Waals surface area contributed by atoms with E-state index in [1.807, 2.05) is 25.1 Å². The van der Waals surface area contributed by atoms with Crippen LogP contribution in [-0.4, -0.2) is 9.97 Å². The van der Waals surface area contributed by atoms with Crippen molar-refractivity contribution in [1.29, 1.82) is 0 Å². The first-order valence-corrected chi connectivity index (χ1v) is 8.16. The van der Waals surface area contributed by atoms with E-state index in [1.165, 1.54) is 0 Å². The van der Waals surface area contributed by atoms with Crippen LogP contribution in [0.3, 0.4) is 0 Å². The van der Waals surface area contributed by atoms with Crippen LogP contribution in [0.15, 0.2) is 41.1 Å². The van der Waals surface area contributed by atoms with Crippen molar-refractivity contribution in [1.82, 2.24) is 9.97 Å². The molecule has 3 aromatic rings. The number of aryl methyl sites for hydroxylation is 1. The maximum absolute atomic E-state index is 6.23.